The first-order valence-electron chi connectivity index (χ1n) is 15.2. The van der Waals surface area contributed by atoms with Gasteiger partial charge in [-0.25, -0.2) is 0 Å². The smallest absolute Gasteiger partial charge is 0.497 e. The average Bonchev–Trinajstić information content (AvgIpc) is 3.84. The normalized spacial score (nSPS) is 12.1. The molecule has 0 radical (unpaired) electrons. The topological polar surface area (TPSA) is 43.8 Å². The summed E-state index contributed by atoms with van der Waals surface area (Å²) < 4.78 is 13.5. The van der Waals surface area contributed by atoms with E-state index in [1.807, 2.05) is 41.9 Å². The molecule has 5 aromatic heterocycles. The predicted molar refractivity (Wildman–Crippen MR) is 189 cm³/mol. The Balaban J connectivity index is 0.00000285. The van der Waals surface area contributed by atoms with Gasteiger partial charge in [0, 0.05) is 55.1 Å². The van der Waals surface area contributed by atoms with Gasteiger partial charge in [-0.05, 0) is 41.1 Å². The van der Waals surface area contributed by atoms with E-state index in [1.54, 1.807) is 0 Å². The molecule has 47 heavy (non-hydrogen) atoms. The summed E-state index contributed by atoms with van der Waals surface area (Å²) >= 11 is 1.83. The van der Waals surface area contributed by atoms with E-state index in [4.69, 9.17) is 14.7 Å². The summed E-state index contributed by atoms with van der Waals surface area (Å²) in [7, 11) is 0. The molecular formula is C40H20N4OPdS. The van der Waals surface area contributed by atoms with E-state index in [1.165, 1.54) is 25.7 Å². The van der Waals surface area contributed by atoms with Crippen LogP contribution in [-0.4, -0.2) is 18.8 Å². The Labute approximate surface area is 284 Å². The van der Waals surface area contributed by atoms with Crippen LogP contribution in [0.1, 0.15) is 0 Å². The number of ether oxygens (including phenoxy) is 1. The molecule has 11 aromatic rings. The summed E-state index contributed by atoms with van der Waals surface area (Å²) in [5, 5.41) is 8.87. The third-order valence-corrected chi connectivity index (χ3v) is 10.3. The Bertz CT molecular complexity index is 3080. The fourth-order valence-electron chi connectivity index (χ4n) is 7.26. The largest absolute Gasteiger partial charge is 2.00 e. The molecular weight excluding hydrogens is 691 g/mol. The summed E-state index contributed by atoms with van der Waals surface area (Å²) in [6, 6.07) is 45.2. The number of rotatable bonds is 2. The van der Waals surface area contributed by atoms with Crippen molar-refractivity contribution >= 4 is 97.2 Å². The number of hydrogen-bond donors (Lipinski definition) is 0. The summed E-state index contributed by atoms with van der Waals surface area (Å²) in [6.07, 6.45) is 3.91. The molecule has 0 saturated carbocycles. The molecule has 0 unspecified atom stereocenters. The van der Waals surface area contributed by atoms with E-state index in [0.29, 0.717) is 11.5 Å². The molecule has 11 rings (SSSR count). The van der Waals surface area contributed by atoms with E-state index < -0.39 is 0 Å². The van der Waals surface area contributed by atoms with Crippen molar-refractivity contribution in [1.29, 1.82) is 0 Å². The number of benzene rings is 6. The van der Waals surface area contributed by atoms with Gasteiger partial charge < -0.3 is 13.5 Å². The van der Waals surface area contributed by atoms with Gasteiger partial charge in [-0.3, -0.25) is 9.97 Å². The van der Waals surface area contributed by atoms with Gasteiger partial charge in [0.05, 0.1) is 22.3 Å². The zero-order valence-corrected chi connectivity index (χ0v) is 26.8. The molecule has 222 valence electrons. The van der Waals surface area contributed by atoms with Crippen molar-refractivity contribution in [3.63, 3.8) is 0 Å². The second kappa shape index (κ2) is 9.84. The molecule has 0 aliphatic heterocycles. The number of fused-ring (bicyclic) bond motifs is 18. The molecule has 0 fully saturated rings. The van der Waals surface area contributed by atoms with Crippen LogP contribution < -0.4 is 4.74 Å². The third kappa shape index (κ3) is 3.68. The van der Waals surface area contributed by atoms with E-state index in [0.717, 1.165) is 60.2 Å². The van der Waals surface area contributed by atoms with Crippen molar-refractivity contribution in [2.24, 2.45) is 0 Å². The van der Waals surface area contributed by atoms with Crippen LogP contribution >= 0.6 is 11.3 Å². The Morgan fingerprint density at radius 3 is 2.13 bits per heavy atom. The van der Waals surface area contributed by atoms with Gasteiger partial charge in [-0.15, -0.1) is 23.5 Å². The fraction of sp³-hybridized carbons (Fsp3) is 0. The number of hydrogen-bond acceptors (Lipinski definition) is 4. The quantitative estimate of drug-likeness (QED) is 0.102. The van der Waals surface area contributed by atoms with E-state index >= 15 is 0 Å². The molecule has 7 heteroatoms. The number of aromatic nitrogens is 4. The Morgan fingerprint density at radius 2 is 1.28 bits per heavy atom. The number of pyridine rings is 2. The summed E-state index contributed by atoms with van der Waals surface area (Å²) in [6.45, 7) is 0. The van der Waals surface area contributed by atoms with Crippen molar-refractivity contribution in [1.82, 2.24) is 18.8 Å². The Morgan fingerprint density at radius 1 is 0.596 bits per heavy atom. The molecule has 0 atom stereocenters. The first kappa shape index (κ1) is 26.9. The van der Waals surface area contributed by atoms with Crippen LogP contribution in [0.2, 0.25) is 0 Å². The molecule has 0 N–H and O–H groups in total. The first-order valence-corrected chi connectivity index (χ1v) is 16.0. The monoisotopic (exact) mass is 710 g/mol. The maximum Gasteiger partial charge on any atom is 2.00 e. The minimum absolute atomic E-state index is 0. The van der Waals surface area contributed by atoms with Gasteiger partial charge in [0.2, 0.25) is 0 Å². The van der Waals surface area contributed by atoms with E-state index in [9.17, 15) is 0 Å². The molecule has 0 aliphatic rings. The van der Waals surface area contributed by atoms with Crippen molar-refractivity contribution in [2.45, 2.75) is 0 Å². The minimum Gasteiger partial charge on any atom is -0.497 e. The molecule has 0 amide bonds. The van der Waals surface area contributed by atoms with Crippen LogP contribution in [0.3, 0.4) is 0 Å². The molecule has 5 heterocycles. The predicted octanol–water partition coefficient (Wildman–Crippen LogP) is 10.5. The Kier molecular flexibility index (Phi) is 5.62. The van der Waals surface area contributed by atoms with Gasteiger partial charge >= 0.3 is 20.4 Å². The van der Waals surface area contributed by atoms with Gasteiger partial charge in [-0.2, -0.15) is 0 Å². The molecule has 0 aliphatic carbocycles. The van der Waals surface area contributed by atoms with Gasteiger partial charge in [-0.1, -0.05) is 100 Å². The minimum atomic E-state index is 0. The molecule has 6 aromatic carbocycles. The van der Waals surface area contributed by atoms with Gasteiger partial charge in [0.25, 0.3) is 0 Å². The molecule has 0 spiro atoms. The SMILES string of the molecule is [Pd+2].[c-]1c(Oc2[c-]c3c(cc2)c2ccccc2n2c4ccccc4nc32)ccc2c1c1nccn1c1c2ccc2sc3ccccc3c21. The van der Waals surface area contributed by atoms with Crippen molar-refractivity contribution < 1.29 is 25.2 Å². The molecule has 5 nitrogen and oxygen atoms in total. The zero-order valence-electron chi connectivity index (χ0n) is 24.5. The maximum atomic E-state index is 6.50. The Hall–Kier alpha value is -5.32. The second-order valence-electron chi connectivity index (χ2n) is 11.7. The van der Waals surface area contributed by atoms with E-state index in [2.05, 4.69) is 112 Å². The summed E-state index contributed by atoms with van der Waals surface area (Å²) in [5.74, 6) is 1.22. The average molecular weight is 711 g/mol. The van der Waals surface area contributed by atoms with Crippen molar-refractivity contribution in [3.8, 4) is 11.5 Å². The molecule has 0 saturated heterocycles. The summed E-state index contributed by atoms with van der Waals surface area (Å²) in [4.78, 5) is 9.84. The first-order chi connectivity index (χ1) is 22.8. The second-order valence-corrected chi connectivity index (χ2v) is 12.7. The van der Waals surface area contributed by atoms with Crippen LogP contribution in [0, 0.1) is 12.1 Å². The number of imidazole rings is 2. The third-order valence-electron chi connectivity index (χ3n) is 9.19. The van der Waals surface area contributed by atoms with Crippen molar-refractivity contribution in [3.05, 3.63) is 134 Å². The van der Waals surface area contributed by atoms with Crippen molar-refractivity contribution in [2.75, 3.05) is 0 Å². The fourth-order valence-corrected chi connectivity index (χ4v) is 8.37. The van der Waals surface area contributed by atoms with Gasteiger partial charge in [0.1, 0.15) is 0 Å². The van der Waals surface area contributed by atoms with Crippen LogP contribution in [0.5, 0.6) is 11.5 Å². The van der Waals surface area contributed by atoms with Crippen LogP contribution in [0.4, 0.5) is 0 Å². The van der Waals surface area contributed by atoms with Crippen LogP contribution in [0.25, 0.3) is 85.9 Å². The van der Waals surface area contributed by atoms with E-state index in [-0.39, 0.29) is 20.4 Å². The standard InChI is InChI=1S/C40H20N4OS.Pd/c1-4-10-33-27(7-1)25-15-13-24(22-31(25)40-42-32-9-3-5-11-34(32)44(33)40)45-23-14-16-26-28-17-18-36-37(29-8-2-6-12-35(29)46-36)38(28)43-20-19-41-39(43)30(26)21-23;/h1-20H;/q-2;+2. The molecule has 0 bridgehead atoms. The number of para-hydroxylation sites is 3. The van der Waals surface area contributed by atoms with Gasteiger partial charge in [0.15, 0.2) is 0 Å². The summed E-state index contributed by atoms with van der Waals surface area (Å²) in [5.41, 5.74) is 6.03. The number of nitrogens with zero attached hydrogens (tertiary/aromatic N) is 4. The van der Waals surface area contributed by atoms with Crippen LogP contribution in [-0.2, 0) is 20.4 Å². The number of thiophene rings is 1. The zero-order chi connectivity index (χ0) is 29.9. The van der Waals surface area contributed by atoms with Crippen LogP contribution in [0.15, 0.2) is 122 Å². The maximum absolute atomic E-state index is 6.50.